The second-order valence-electron chi connectivity index (χ2n) is 3.37. The van der Waals surface area contributed by atoms with Crippen LogP contribution in [-0.2, 0) is 21.3 Å². The third kappa shape index (κ3) is 3.69. The molecule has 0 fully saturated rings. The van der Waals surface area contributed by atoms with E-state index in [1.165, 1.54) is 0 Å². The number of hydrogen-bond acceptors (Lipinski definition) is 3. The van der Waals surface area contributed by atoms with Crippen LogP contribution in [0.15, 0.2) is 6.07 Å². The van der Waals surface area contributed by atoms with E-state index in [0.717, 1.165) is 6.07 Å². The van der Waals surface area contributed by atoms with Gasteiger partial charge < -0.3 is 4.74 Å². The highest BCUT2D eigenvalue weighted by molar-refractivity contribution is 9.08. The number of pyridine rings is 1. The van der Waals surface area contributed by atoms with Gasteiger partial charge in [0.2, 0.25) is 0 Å². The number of carbonyl (C=O) groups excluding carboxylic acids is 1. The van der Waals surface area contributed by atoms with Crippen molar-refractivity contribution >= 4 is 21.9 Å². The van der Waals surface area contributed by atoms with Crippen molar-refractivity contribution in [3.8, 4) is 0 Å². The number of nitrogens with zero attached hydrogens (tertiary/aromatic N) is 1. The van der Waals surface area contributed by atoms with E-state index in [0.29, 0.717) is 0 Å². The molecule has 1 aromatic heterocycles. The van der Waals surface area contributed by atoms with Gasteiger partial charge in [-0.05, 0) is 13.0 Å². The van der Waals surface area contributed by atoms with Crippen LogP contribution in [0.4, 0.5) is 13.2 Å². The highest BCUT2D eigenvalue weighted by Crippen LogP contribution is 2.26. The summed E-state index contributed by atoms with van der Waals surface area (Å²) in [7, 11) is 0. The summed E-state index contributed by atoms with van der Waals surface area (Å²) in [4.78, 5) is 15.1. The lowest BCUT2D eigenvalue weighted by molar-refractivity contribution is -0.142. The zero-order valence-corrected chi connectivity index (χ0v) is 11.1. The summed E-state index contributed by atoms with van der Waals surface area (Å²) >= 11 is 3.05. The van der Waals surface area contributed by atoms with Gasteiger partial charge in [-0.25, -0.2) is 13.2 Å². The Morgan fingerprint density at radius 1 is 1.56 bits per heavy atom. The third-order valence-electron chi connectivity index (χ3n) is 2.11. The van der Waals surface area contributed by atoms with Gasteiger partial charge in [-0.15, -0.1) is 0 Å². The normalized spacial score (nSPS) is 10.8. The summed E-state index contributed by atoms with van der Waals surface area (Å²) < 4.78 is 43.6. The molecular weight excluding hydrogens is 315 g/mol. The predicted octanol–water partition coefficient (Wildman–Crippen LogP) is 3.16. The lowest BCUT2D eigenvalue weighted by atomic mass is 10.1. The van der Waals surface area contributed by atoms with E-state index in [1.807, 2.05) is 0 Å². The summed E-state index contributed by atoms with van der Waals surface area (Å²) in [6.45, 7) is 1.72. The summed E-state index contributed by atoms with van der Waals surface area (Å²) in [5.41, 5.74) is -0.873. The zero-order chi connectivity index (χ0) is 13.7. The maximum absolute atomic E-state index is 13.5. The Balaban J connectivity index is 3.13. The van der Waals surface area contributed by atoms with Crippen LogP contribution >= 0.6 is 15.9 Å². The monoisotopic (exact) mass is 325 g/mol. The standard InChI is InChI=1S/C11H11BrF3NO2/c1-2-18-9(17)4-8-10(11(14)15)7(13)3-6(5-12)16-8/h3,11H,2,4-5H2,1H3. The molecule has 100 valence electrons. The Hall–Kier alpha value is -1.11. The van der Waals surface area contributed by atoms with Crippen LogP contribution in [0.5, 0.6) is 0 Å². The minimum Gasteiger partial charge on any atom is -0.466 e. The number of rotatable bonds is 5. The molecule has 0 radical (unpaired) electrons. The number of aromatic nitrogens is 1. The maximum atomic E-state index is 13.5. The van der Waals surface area contributed by atoms with Gasteiger partial charge in [-0.3, -0.25) is 9.78 Å². The van der Waals surface area contributed by atoms with E-state index in [-0.39, 0.29) is 23.3 Å². The van der Waals surface area contributed by atoms with Crippen LogP contribution in [0.2, 0.25) is 0 Å². The topological polar surface area (TPSA) is 39.2 Å². The highest BCUT2D eigenvalue weighted by atomic mass is 79.9. The number of carbonyl (C=O) groups is 1. The van der Waals surface area contributed by atoms with Crippen LogP contribution in [0.25, 0.3) is 0 Å². The minimum absolute atomic E-state index is 0.128. The van der Waals surface area contributed by atoms with Crippen LogP contribution in [0, 0.1) is 5.82 Å². The molecule has 1 rings (SSSR count). The Labute approximate surface area is 110 Å². The molecule has 3 nitrogen and oxygen atoms in total. The Kier molecular flexibility index (Phi) is 5.58. The number of hydrogen-bond donors (Lipinski definition) is 0. The van der Waals surface area contributed by atoms with Crippen LogP contribution in [0.3, 0.4) is 0 Å². The predicted molar refractivity (Wildman–Crippen MR) is 62.1 cm³/mol. The lowest BCUT2D eigenvalue weighted by Gasteiger charge is -2.10. The molecule has 0 spiro atoms. The van der Waals surface area contributed by atoms with Crippen molar-refractivity contribution < 1.29 is 22.7 Å². The lowest BCUT2D eigenvalue weighted by Crippen LogP contribution is -2.13. The Morgan fingerprint density at radius 3 is 2.72 bits per heavy atom. The summed E-state index contributed by atoms with van der Waals surface area (Å²) in [6, 6.07) is 0.922. The Morgan fingerprint density at radius 2 is 2.22 bits per heavy atom. The summed E-state index contributed by atoms with van der Waals surface area (Å²) in [5.74, 6) is -1.77. The molecule has 7 heteroatoms. The molecule has 0 saturated heterocycles. The van der Waals surface area contributed by atoms with E-state index >= 15 is 0 Å². The maximum Gasteiger partial charge on any atom is 0.311 e. The molecule has 0 saturated carbocycles. The molecule has 0 unspecified atom stereocenters. The summed E-state index contributed by atoms with van der Waals surface area (Å²) in [5, 5.41) is 0.212. The van der Waals surface area contributed by atoms with Gasteiger partial charge in [0.1, 0.15) is 5.82 Å². The second-order valence-corrected chi connectivity index (χ2v) is 3.93. The fourth-order valence-corrected chi connectivity index (χ4v) is 1.70. The van der Waals surface area contributed by atoms with Gasteiger partial charge in [-0.1, -0.05) is 15.9 Å². The van der Waals surface area contributed by atoms with Gasteiger partial charge in [0.25, 0.3) is 6.43 Å². The van der Waals surface area contributed by atoms with E-state index < -0.39 is 30.2 Å². The van der Waals surface area contributed by atoms with Gasteiger partial charge in [-0.2, -0.15) is 0 Å². The van der Waals surface area contributed by atoms with E-state index in [4.69, 9.17) is 0 Å². The minimum atomic E-state index is -3.02. The molecule has 0 amide bonds. The van der Waals surface area contributed by atoms with Crippen molar-refractivity contribution in [1.29, 1.82) is 0 Å². The first-order valence-electron chi connectivity index (χ1n) is 5.17. The molecule has 1 aromatic rings. The molecule has 1 heterocycles. The van der Waals surface area contributed by atoms with Crippen LogP contribution in [0.1, 0.15) is 30.3 Å². The molecule has 0 aliphatic rings. The van der Waals surface area contributed by atoms with Crippen LogP contribution in [-0.4, -0.2) is 17.6 Å². The molecule has 18 heavy (non-hydrogen) atoms. The number of alkyl halides is 3. The quantitative estimate of drug-likeness (QED) is 0.616. The van der Waals surface area contributed by atoms with E-state index in [2.05, 4.69) is 25.7 Å². The number of esters is 1. The molecule has 0 aromatic carbocycles. The first kappa shape index (κ1) is 14.9. The number of halogens is 4. The fourth-order valence-electron chi connectivity index (χ4n) is 1.41. The van der Waals surface area contributed by atoms with Gasteiger partial charge in [0, 0.05) is 5.33 Å². The molecular formula is C11H11BrF3NO2. The fraction of sp³-hybridized carbons (Fsp3) is 0.455. The second kappa shape index (κ2) is 6.72. The molecule has 0 N–H and O–H groups in total. The van der Waals surface area contributed by atoms with Crippen molar-refractivity contribution in [2.75, 3.05) is 6.61 Å². The van der Waals surface area contributed by atoms with Crippen LogP contribution < -0.4 is 0 Å². The largest absolute Gasteiger partial charge is 0.466 e. The molecule has 0 bridgehead atoms. The third-order valence-corrected chi connectivity index (χ3v) is 2.69. The SMILES string of the molecule is CCOC(=O)Cc1nc(CBr)cc(F)c1C(F)F. The van der Waals surface area contributed by atoms with Gasteiger partial charge in [0.15, 0.2) is 0 Å². The van der Waals surface area contributed by atoms with Gasteiger partial charge in [0.05, 0.1) is 30.0 Å². The summed E-state index contributed by atoms with van der Waals surface area (Å²) in [6.07, 6.45) is -3.49. The van der Waals surface area contributed by atoms with Crippen molar-refractivity contribution in [3.05, 3.63) is 28.8 Å². The van der Waals surface area contributed by atoms with Crippen molar-refractivity contribution in [3.63, 3.8) is 0 Å². The smallest absolute Gasteiger partial charge is 0.311 e. The number of ether oxygens (including phenoxy) is 1. The first-order chi connectivity index (χ1) is 8.49. The highest BCUT2D eigenvalue weighted by Gasteiger charge is 2.22. The average molecular weight is 326 g/mol. The van der Waals surface area contributed by atoms with Gasteiger partial charge >= 0.3 is 5.97 Å². The Bertz CT molecular complexity index is 441. The molecule has 0 aliphatic carbocycles. The van der Waals surface area contributed by atoms with Crippen molar-refractivity contribution in [2.45, 2.75) is 25.1 Å². The molecule has 0 aliphatic heterocycles. The van der Waals surface area contributed by atoms with E-state index in [1.54, 1.807) is 6.92 Å². The van der Waals surface area contributed by atoms with Crippen molar-refractivity contribution in [2.24, 2.45) is 0 Å². The molecule has 0 atom stereocenters. The zero-order valence-electron chi connectivity index (χ0n) is 9.55. The first-order valence-corrected chi connectivity index (χ1v) is 6.29. The van der Waals surface area contributed by atoms with Crippen molar-refractivity contribution in [1.82, 2.24) is 4.98 Å². The van der Waals surface area contributed by atoms with E-state index in [9.17, 15) is 18.0 Å². The average Bonchev–Trinajstić information content (AvgIpc) is 2.27.